The Balaban J connectivity index is 1.65. The van der Waals surface area contributed by atoms with Crippen molar-refractivity contribution in [2.45, 2.75) is 13.0 Å². The van der Waals surface area contributed by atoms with Gasteiger partial charge in [0.25, 0.3) is 5.91 Å². The van der Waals surface area contributed by atoms with E-state index in [0.29, 0.717) is 22.1 Å². The van der Waals surface area contributed by atoms with Crippen LogP contribution in [0.25, 0.3) is 10.1 Å². The SMILES string of the molecule is COc1ccc(NC(=O)[C@H](C)OC(=O)c2cc3ccccc3s2)cc1OC. The first kappa shape index (κ1) is 18.7. The molecule has 3 rings (SSSR count). The molecule has 0 aliphatic carbocycles. The van der Waals surface area contributed by atoms with E-state index in [0.717, 1.165) is 10.1 Å². The summed E-state index contributed by atoms with van der Waals surface area (Å²) in [5.74, 6) is 0.0906. The van der Waals surface area contributed by atoms with Crippen LogP contribution in [0.5, 0.6) is 11.5 Å². The van der Waals surface area contributed by atoms with Gasteiger partial charge in [-0.2, -0.15) is 0 Å². The van der Waals surface area contributed by atoms with Gasteiger partial charge in [0.2, 0.25) is 0 Å². The van der Waals surface area contributed by atoms with Crippen molar-refractivity contribution in [1.82, 2.24) is 0 Å². The van der Waals surface area contributed by atoms with Crippen molar-refractivity contribution in [3.8, 4) is 11.5 Å². The fourth-order valence-corrected chi connectivity index (χ4v) is 3.46. The summed E-state index contributed by atoms with van der Waals surface area (Å²) in [6.07, 6.45) is -0.948. The van der Waals surface area contributed by atoms with E-state index in [2.05, 4.69) is 5.32 Å². The fraction of sp³-hybridized carbons (Fsp3) is 0.200. The molecule has 0 aliphatic heterocycles. The van der Waals surface area contributed by atoms with Gasteiger partial charge in [0.15, 0.2) is 17.6 Å². The summed E-state index contributed by atoms with van der Waals surface area (Å²) in [5.41, 5.74) is 0.516. The molecule has 27 heavy (non-hydrogen) atoms. The lowest BCUT2D eigenvalue weighted by Crippen LogP contribution is -2.29. The molecule has 1 aromatic heterocycles. The number of amides is 1. The number of nitrogens with one attached hydrogen (secondary N) is 1. The van der Waals surface area contributed by atoms with E-state index in [1.165, 1.54) is 32.5 Å². The number of hydrogen-bond donors (Lipinski definition) is 1. The average Bonchev–Trinajstić information content (AvgIpc) is 3.12. The number of ether oxygens (including phenoxy) is 3. The van der Waals surface area contributed by atoms with Crippen LogP contribution < -0.4 is 14.8 Å². The van der Waals surface area contributed by atoms with Crippen molar-refractivity contribution in [3.63, 3.8) is 0 Å². The normalized spacial score (nSPS) is 11.7. The molecule has 140 valence electrons. The highest BCUT2D eigenvalue weighted by molar-refractivity contribution is 7.20. The van der Waals surface area contributed by atoms with Gasteiger partial charge in [0, 0.05) is 16.5 Å². The number of methoxy groups -OCH3 is 2. The third-order valence-corrected chi connectivity index (χ3v) is 5.03. The van der Waals surface area contributed by atoms with Crippen LogP contribution in [0.4, 0.5) is 5.69 Å². The predicted octanol–water partition coefficient (Wildman–Crippen LogP) is 4.10. The average molecular weight is 385 g/mol. The molecule has 0 bridgehead atoms. The standard InChI is InChI=1S/C20H19NO5S/c1-12(19(22)21-14-8-9-15(24-2)16(11-14)25-3)26-20(23)18-10-13-6-4-5-7-17(13)27-18/h4-12H,1-3H3,(H,21,22)/t12-/m0/s1. The predicted molar refractivity (Wildman–Crippen MR) is 105 cm³/mol. The minimum absolute atomic E-state index is 0.434. The molecule has 0 fully saturated rings. The first-order valence-corrected chi connectivity index (χ1v) is 9.06. The van der Waals surface area contributed by atoms with Gasteiger partial charge in [0.1, 0.15) is 4.88 Å². The Labute approximate surface area is 160 Å². The minimum Gasteiger partial charge on any atom is -0.493 e. The summed E-state index contributed by atoms with van der Waals surface area (Å²) in [5, 5.41) is 3.67. The van der Waals surface area contributed by atoms with E-state index in [-0.39, 0.29) is 0 Å². The molecular weight excluding hydrogens is 366 g/mol. The highest BCUT2D eigenvalue weighted by Crippen LogP contribution is 2.30. The molecule has 1 amide bonds. The summed E-state index contributed by atoms with van der Waals surface area (Å²) in [4.78, 5) is 25.1. The smallest absolute Gasteiger partial charge is 0.349 e. The van der Waals surface area contributed by atoms with Crippen molar-refractivity contribution < 1.29 is 23.8 Å². The van der Waals surface area contributed by atoms with Gasteiger partial charge in [-0.15, -0.1) is 11.3 Å². The van der Waals surface area contributed by atoms with Gasteiger partial charge < -0.3 is 19.5 Å². The molecule has 2 aromatic carbocycles. The molecule has 1 N–H and O–H groups in total. The zero-order valence-corrected chi connectivity index (χ0v) is 16.0. The van der Waals surface area contributed by atoms with E-state index >= 15 is 0 Å². The zero-order valence-electron chi connectivity index (χ0n) is 15.1. The number of benzene rings is 2. The Bertz CT molecular complexity index is 948. The highest BCUT2D eigenvalue weighted by Gasteiger charge is 2.21. The van der Waals surface area contributed by atoms with Crippen LogP contribution in [0.15, 0.2) is 48.5 Å². The Kier molecular flexibility index (Phi) is 5.61. The second-order valence-corrected chi connectivity index (χ2v) is 6.84. The summed E-state index contributed by atoms with van der Waals surface area (Å²) in [6, 6.07) is 14.4. The summed E-state index contributed by atoms with van der Waals surface area (Å²) in [6.45, 7) is 1.53. The molecule has 0 radical (unpaired) electrons. The van der Waals surface area contributed by atoms with Gasteiger partial charge in [-0.25, -0.2) is 4.79 Å². The lowest BCUT2D eigenvalue weighted by molar-refractivity contribution is -0.123. The van der Waals surface area contributed by atoms with Crippen LogP contribution in [0.1, 0.15) is 16.6 Å². The van der Waals surface area contributed by atoms with E-state index in [1.54, 1.807) is 24.3 Å². The van der Waals surface area contributed by atoms with Crippen LogP contribution in [0, 0.1) is 0 Å². The van der Waals surface area contributed by atoms with Crippen LogP contribution in [0.3, 0.4) is 0 Å². The first-order valence-electron chi connectivity index (χ1n) is 8.24. The van der Waals surface area contributed by atoms with Crippen molar-refractivity contribution in [2.75, 3.05) is 19.5 Å². The van der Waals surface area contributed by atoms with Crippen LogP contribution in [-0.2, 0) is 9.53 Å². The topological polar surface area (TPSA) is 73.9 Å². The molecule has 3 aromatic rings. The van der Waals surface area contributed by atoms with E-state index in [1.807, 2.05) is 24.3 Å². The molecule has 0 saturated heterocycles. The van der Waals surface area contributed by atoms with Gasteiger partial charge >= 0.3 is 5.97 Å². The second kappa shape index (κ2) is 8.09. The number of fused-ring (bicyclic) bond motifs is 1. The number of carbonyl (C=O) groups is 2. The molecule has 1 atom stereocenters. The summed E-state index contributed by atoms with van der Waals surface area (Å²) < 4.78 is 16.7. The lowest BCUT2D eigenvalue weighted by atomic mass is 10.2. The van der Waals surface area contributed by atoms with Crippen LogP contribution >= 0.6 is 11.3 Å². The number of hydrogen-bond acceptors (Lipinski definition) is 6. The third-order valence-electron chi connectivity index (χ3n) is 3.93. The fourth-order valence-electron chi connectivity index (χ4n) is 2.51. The van der Waals surface area contributed by atoms with Gasteiger partial charge in [-0.05, 0) is 36.6 Å². The Hall–Kier alpha value is -3.06. The molecular formula is C20H19NO5S. The van der Waals surface area contributed by atoms with E-state index < -0.39 is 18.0 Å². The quantitative estimate of drug-likeness (QED) is 0.647. The molecule has 6 nitrogen and oxygen atoms in total. The second-order valence-electron chi connectivity index (χ2n) is 5.76. The first-order chi connectivity index (χ1) is 13.0. The number of esters is 1. The lowest BCUT2D eigenvalue weighted by Gasteiger charge is -2.14. The number of anilines is 1. The number of thiophene rings is 1. The summed E-state index contributed by atoms with van der Waals surface area (Å²) >= 11 is 1.34. The van der Waals surface area contributed by atoms with Gasteiger partial charge in [0.05, 0.1) is 14.2 Å². The van der Waals surface area contributed by atoms with Crippen molar-refractivity contribution in [1.29, 1.82) is 0 Å². The van der Waals surface area contributed by atoms with Crippen molar-refractivity contribution >= 4 is 39.0 Å². The van der Waals surface area contributed by atoms with Crippen LogP contribution in [0.2, 0.25) is 0 Å². The Morgan fingerprint density at radius 3 is 2.44 bits per heavy atom. The molecule has 0 aliphatic rings. The molecule has 0 saturated carbocycles. The maximum absolute atomic E-state index is 12.3. The maximum Gasteiger partial charge on any atom is 0.349 e. The van der Waals surface area contributed by atoms with Crippen LogP contribution in [-0.4, -0.2) is 32.2 Å². The molecule has 7 heteroatoms. The molecule has 0 spiro atoms. The van der Waals surface area contributed by atoms with Gasteiger partial charge in [-0.1, -0.05) is 18.2 Å². The Morgan fingerprint density at radius 1 is 1.00 bits per heavy atom. The van der Waals surface area contributed by atoms with Crippen molar-refractivity contribution in [2.24, 2.45) is 0 Å². The maximum atomic E-state index is 12.3. The largest absolute Gasteiger partial charge is 0.493 e. The monoisotopic (exact) mass is 385 g/mol. The molecule has 1 heterocycles. The molecule has 0 unspecified atom stereocenters. The van der Waals surface area contributed by atoms with E-state index in [4.69, 9.17) is 14.2 Å². The zero-order chi connectivity index (χ0) is 19.4. The van der Waals surface area contributed by atoms with E-state index in [9.17, 15) is 9.59 Å². The minimum atomic E-state index is -0.948. The van der Waals surface area contributed by atoms with Gasteiger partial charge in [-0.3, -0.25) is 4.79 Å². The van der Waals surface area contributed by atoms with Crippen molar-refractivity contribution in [3.05, 3.63) is 53.4 Å². The highest BCUT2D eigenvalue weighted by atomic mass is 32.1. The Morgan fingerprint density at radius 2 is 1.74 bits per heavy atom. The summed E-state index contributed by atoms with van der Waals surface area (Å²) in [7, 11) is 3.05. The number of rotatable bonds is 6. The third kappa shape index (κ3) is 4.20. The number of carbonyl (C=O) groups excluding carboxylic acids is 2.